The highest BCUT2D eigenvalue weighted by molar-refractivity contribution is 5.95. The van der Waals surface area contributed by atoms with Gasteiger partial charge in [-0.3, -0.25) is 4.79 Å². The Morgan fingerprint density at radius 2 is 1.64 bits per heavy atom. The quantitative estimate of drug-likeness (QED) is 0.817. The van der Waals surface area contributed by atoms with Crippen molar-refractivity contribution in [3.63, 3.8) is 0 Å². The van der Waals surface area contributed by atoms with E-state index >= 15 is 0 Å². The van der Waals surface area contributed by atoms with Crippen LogP contribution in [0.15, 0.2) is 12.1 Å². The number of hydrogen-bond acceptors (Lipinski definition) is 2. The normalized spacial score (nSPS) is 12.1. The van der Waals surface area contributed by atoms with Crippen LogP contribution in [0.3, 0.4) is 0 Å². The van der Waals surface area contributed by atoms with E-state index < -0.39 is 11.9 Å². The molecule has 0 N–H and O–H groups in total. The first-order valence-corrected chi connectivity index (χ1v) is 7.36. The van der Waals surface area contributed by atoms with E-state index in [9.17, 15) is 18.0 Å². The monoisotopic (exact) mass is 316 g/mol. The van der Waals surface area contributed by atoms with Crippen LogP contribution in [0.2, 0.25) is 0 Å². The van der Waals surface area contributed by atoms with Gasteiger partial charge in [0.05, 0.1) is 11.3 Å². The second-order valence-corrected chi connectivity index (χ2v) is 6.33. The fourth-order valence-electron chi connectivity index (χ4n) is 2.24. The van der Waals surface area contributed by atoms with E-state index in [0.29, 0.717) is 13.1 Å². The van der Waals surface area contributed by atoms with Crippen LogP contribution in [0, 0.1) is 18.8 Å². The van der Waals surface area contributed by atoms with E-state index in [1.54, 1.807) is 4.90 Å². The summed E-state index contributed by atoms with van der Waals surface area (Å²) in [5, 5.41) is 0. The molecule has 0 aliphatic rings. The maximum Gasteiger partial charge on any atom is 0.433 e. The number of rotatable bonds is 5. The number of nitrogens with zero attached hydrogens (tertiary/aromatic N) is 2. The lowest BCUT2D eigenvalue weighted by atomic mass is 10.1. The Labute approximate surface area is 129 Å². The molecule has 0 atom stereocenters. The molecule has 1 rings (SSSR count). The lowest BCUT2D eigenvalue weighted by Gasteiger charge is -2.27. The van der Waals surface area contributed by atoms with Crippen molar-refractivity contribution in [1.29, 1.82) is 0 Å². The highest BCUT2D eigenvalue weighted by atomic mass is 19.4. The van der Waals surface area contributed by atoms with Gasteiger partial charge in [0.2, 0.25) is 0 Å². The second-order valence-electron chi connectivity index (χ2n) is 6.33. The topological polar surface area (TPSA) is 33.2 Å². The van der Waals surface area contributed by atoms with Gasteiger partial charge in [-0.2, -0.15) is 13.2 Å². The van der Waals surface area contributed by atoms with Gasteiger partial charge in [0.15, 0.2) is 0 Å². The number of aryl methyl sites for hydroxylation is 1. The second kappa shape index (κ2) is 7.11. The summed E-state index contributed by atoms with van der Waals surface area (Å²) in [6.45, 7) is 10.6. The molecule has 0 radical (unpaired) electrons. The van der Waals surface area contributed by atoms with Crippen LogP contribution in [0.1, 0.15) is 49.4 Å². The summed E-state index contributed by atoms with van der Waals surface area (Å²) in [5.74, 6) is 0.303. The molecule has 0 fully saturated rings. The Hall–Kier alpha value is -1.59. The smallest absolute Gasteiger partial charge is 0.338 e. The standard InChI is InChI=1S/C16H23F3N2O/c1-10(2)8-21(9-11(3)4)15(22)13-6-7-14(16(17,18)19)20-12(13)5/h6-7,10-11H,8-9H2,1-5H3. The Morgan fingerprint density at radius 1 is 1.14 bits per heavy atom. The molecule has 0 aromatic carbocycles. The van der Waals surface area contributed by atoms with Gasteiger partial charge >= 0.3 is 6.18 Å². The minimum absolute atomic E-state index is 0.109. The van der Waals surface area contributed by atoms with Crippen molar-refractivity contribution in [2.24, 2.45) is 11.8 Å². The minimum Gasteiger partial charge on any atom is -0.338 e. The van der Waals surface area contributed by atoms with Gasteiger partial charge in [-0.15, -0.1) is 0 Å². The Balaban J connectivity index is 3.08. The largest absolute Gasteiger partial charge is 0.433 e. The molecule has 0 aliphatic carbocycles. The van der Waals surface area contributed by atoms with Crippen LogP contribution in [0.4, 0.5) is 13.2 Å². The van der Waals surface area contributed by atoms with E-state index in [0.717, 1.165) is 6.07 Å². The van der Waals surface area contributed by atoms with Crippen molar-refractivity contribution in [3.05, 3.63) is 29.1 Å². The van der Waals surface area contributed by atoms with Crippen molar-refractivity contribution in [3.8, 4) is 0 Å². The predicted molar refractivity (Wildman–Crippen MR) is 79.6 cm³/mol. The highest BCUT2D eigenvalue weighted by Gasteiger charge is 2.33. The number of hydrogen-bond donors (Lipinski definition) is 0. The number of carbonyl (C=O) groups is 1. The molecule has 0 unspecified atom stereocenters. The van der Waals surface area contributed by atoms with Gasteiger partial charge in [-0.05, 0) is 30.9 Å². The number of amides is 1. The lowest BCUT2D eigenvalue weighted by Crippen LogP contribution is -2.37. The third-order valence-corrected chi connectivity index (χ3v) is 3.06. The molecule has 22 heavy (non-hydrogen) atoms. The molecule has 1 heterocycles. The predicted octanol–water partition coefficient (Wildman–Crippen LogP) is 4.16. The summed E-state index contributed by atoms with van der Waals surface area (Å²) in [6.07, 6.45) is -4.50. The van der Waals surface area contributed by atoms with Crippen LogP contribution in [-0.2, 0) is 6.18 Å². The summed E-state index contributed by atoms with van der Waals surface area (Å²) in [4.78, 5) is 17.8. The van der Waals surface area contributed by atoms with E-state index in [1.807, 2.05) is 27.7 Å². The molecule has 0 saturated heterocycles. The van der Waals surface area contributed by atoms with Crippen LogP contribution >= 0.6 is 0 Å². The summed E-state index contributed by atoms with van der Waals surface area (Å²) in [5.41, 5.74) is -0.632. The number of carbonyl (C=O) groups excluding carboxylic acids is 1. The first-order chi connectivity index (χ1) is 10.0. The average Bonchev–Trinajstić information content (AvgIpc) is 2.34. The Bertz CT molecular complexity index is 515. The van der Waals surface area contributed by atoms with E-state index in [1.165, 1.54) is 13.0 Å². The van der Waals surface area contributed by atoms with Crippen LogP contribution < -0.4 is 0 Å². The third-order valence-electron chi connectivity index (χ3n) is 3.06. The van der Waals surface area contributed by atoms with Crippen LogP contribution in [-0.4, -0.2) is 28.9 Å². The van der Waals surface area contributed by atoms with Gasteiger partial charge in [0.1, 0.15) is 5.69 Å². The molecule has 0 spiro atoms. The molecule has 0 aliphatic heterocycles. The molecule has 1 aromatic heterocycles. The minimum atomic E-state index is -4.50. The van der Waals surface area contributed by atoms with Gasteiger partial charge in [0, 0.05) is 13.1 Å². The number of alkyl halides is 3. The summed E-state index contributed by atoms with van der Waals surface area (Å²) < 4.78 is 37.9. The van der Waals surface area contributed by atoms with Crippen molar-refractivity contribution in [2.45, 2.75) is 40.8 Å². The van der Waals surface area contributed by atoms with Crippen molar-refractivity contribution >= 4 is 5.91 Å². The molecule has 1 amide bonds. The van der Waals surface area contributed by atoms with E-state index in [4.69, 9.17) is 0 Å². The van der Waals surface area contributed by atoms with Gasteiger partial charge in [0.25, 0.3) is 5.91 Å². The Morgan fingerprint density at radius 3 is 2.00 bits per heavy atom. The van der Waals surface area contributed by atoms with Crippen molar-refractivity contribution < 1.29 is 18.0 Å². The maximum atomic E-state index is 12.6. The van der Waals surface area contributed by atoms with Crippen LogP contribution in [0.25, 0.3) is 0 Å². The zero-order valence-corrected chi connectivity index (χ0v) is 13.7. The fraction of sp³-hybridized carbons (Fsp3) is 0.625. The zero-order valence-electron chi connectivity index (χ0n) is 13.7. The zero-order chi connectivity index (χ0) is 17.1. The van der Waals surface area contributed by atoms with Crippen molar-refractivity contribution in [2.75, 3.05) is 13.1 Å². The molecule has 6 heteroatoms. The van der Waals surface area contributed by atoms with Crippen LogP contribution in [0.5, 0.6) is 0 Å². The number of aromatic nitrogens is 1. The third kappa shape index (κ3) is 5.00. The lowest BCUT2D eigenvalue weighted by molar-refractivity contribution is -0.141. The molecular formula is C16H23F3N2O. The fourth-order valence-corrected chi connectivity index (χ4v) is 2.24. The summed E-state index contributed by atoms with van der Waals surface area (Å²) in [7, 11) is 0. The van der Waals surface area contributed by atoms with Gasteiger partial charge in [-0.25, -0.2) is 4.98 Å². The molecular weight excluding hydrogens is 293 g/mol. The highest BCUT2D eigenvalue weighted by Crippen LogP contribution is 2.28. The van der Waals surface area contributed by atoms with Gasteiger partial charge < -0.3 is 4.90 Å². The molecule has 124 valence electrons. The molecule has 0 bridgehead atoms. The first-order valence-electron chi connectivity index (χ1n) is 7.36. The summed E-state index contributed by atoms with van der Waals surface area (Å²) in [6, 6.07) is 2.09. The number of halogens is 3. The first kappa shape index (κ1) is 18.5. The number of pyridine rings is 1. The molecule has 1 aromatic rings. The maximum absolute atomic E-state index is 12.6. The van der Waals surface area contributed by atoms with E-state index in [-0.39, 0.29) is 29.0 Å². The SMILES string of the molecule is Cc1nc(C(F)(F)F)ccc1C(=O)N(CC(C)C)CC(C)C. The Kier molecular flexibility index (Phi) is 5.97. The van der Waals surface area contributed by atoms with Gasteiger partial charge in [-0.1, -0.05) is 27.7 Å². The summed E-state index contributed by atoms with van der Waals surface area (Å²) >= 11 is 0. The molecule has 0 saturated carbocycles. The van der Waals surface area contributed by atoms with E-state index in [2.05, 4.69) is 4.98 Å². The average molecular weight is 316 g/mol. The van der Waals surface area contributed by atoms with Crippen molar-refractivity contribution in [1.82, 2.24) is 9.88 Å². The molecule has 3 nitrogen and oxygen atoms in total.